The Morgan fingerprint density at radius 3 is 0.318 bits per heavy atom. The van der Waals surface area contributed by atoms with Gasteiger partial charge in [-0.05, 0) is 116 Å². The van der Waals surface area contributed by atoms with E-state index in [2.05, 4.69) is 83.1 Å². The van der Waals surface area contributed by atoms with Gasteiger partial charge in [0.05, 0.1) is 0 Å². The molecule has 0 aliphatic rings. The van der Waals surface area contributed by atoms with Gasteiger partial charge in [-0.25, -0.2) is 0 Å². The van der Waals surface area contributed by atoms with Crippen molar-refractivity contribution in [2.24, 2.45) is 116 Å². The van der Waals surface area contributed by atoms with Crippen LogP contribution in [0.3, 0.4) is 0 Å². The second kappa shape index (κ2) is 44.5. The van der Waals surface area contributed by atoms with Gasteiger partial charge in [-0.1, -0.05) is 441 Å². The van der Waals surface area contributed by atoms with Gasteiger partial charge in [0.25, 0.3) is 0 Å². The lowest BCUT2D eigenvalue weighted by atomic mass is 9.71. The summed E-state index contributed by atoms with van der Waals surface area (Å²) in [5, 5.41) is 0. The fourth-order valence-electron chi connectivity index (χ4n) is 0. The van der Waals surface area contributed by atoms with Crippen LogP contribution in [0, 0.1) is 116 Å². The highest BCUT2D eigenvalue weighted by Gasteiger charge is 2.30. The molecule has 0 bridgehead atoms. The lowest BCUT2D eigenvalue weighted by Crippen LogP contribution is -2.25. The van der Waals surface area contributed by atoms with Gasteiger partial charge in [0, 0.05) is 35.6 Å². The van der Waals surface area contributed by atoms with Gasteiger partial charge in [-0.3, -0.25) is 0 Å². The highest BCUT2D eigenvalue weighted by Crippen LogP contribution is 2.40. The van der Waals surface area contributed by atoms with Crippen LogP contribution in [-0.4, -0.2) is 0 Å². The second-order valence-corrected chi connectivity index (χ2v) is 38.6. The number of hydrogen-bond donors (Lipinski definition) is 0. The van der Waals surface area contributed by atoms with Crippen molar-refractivity contribution in [2.75, 3.05) is 0 Å². The Bertz CT molecular complexity index is 1820. The van der Waals surface area contributed by atoms with Crippen molar-refractivity contribution in [3.8, 4) is 0 Å². The Morgan fingerprint density at radius 1 is 0.235 bits per heavy atom. The summed E-state index contributed by atoms with van der Waals surface area (Å²) in [7, 11) is 0. The first-order valence-electron chi connectivity index (χ1n) is 45.2. The molecule has 0 unspecified atom stereocenters. The first-order valence-corrected chi connectivity index (χ1v) is 32.2. The van der Waals surface area contributed by atoms with Crippen molar-refractivity contribution in [2.45, 2.75) is 441 Å². The molecule has 0 aliphatic carbocycles. The van der Waals surface area contributed by atoms with Crippen LogP contribution in [0.2, 0.25) is 0 Å². The molecule has 0 saturated carbocycles. The van der Waals surface area contributed by atoms with Crippen LogP contribution < -0.4 is 0 Å². The van der Waals surface area contributed by atoms with Crippen molar-refractivity contribution in [3.05, 3.63) is 0 Å². The van der Waals surface area contributed by atoms with Gasteiger partial charge in [-0.15, -0.1) is 0 Å². The summed E-state index contributed by atoms with van der Waals surface area (Å²) in [6.45, 7) is 97.9. The standard InChI is InChI=1S/6C8H18.2C7H16.3C6H14.C5H12/c6*1-7(2,3)8(4,5)6;2*1-6(2)7(3,4)5;2*1-5-6(2,3)4;1-5(2)6(3)4;1-4-5(2)3/h6*1-6H3;2*6H,1-5H3;2*5H2,1-4H3;5-6H,1-4H3;5H,4H2,1-3H3/i5*1D3;;2*6D;2*5D2;5D,6D;4D2,5D. The van der Waals surface area contributed by atoms with E-state index in [1.54, 1.807) is 125 Å². The van der Waals surface area contributed by atoms with Crippen LogP contribution in [0.1, 0.15) is 477 Å². The molecule has 0 aromatic carbocycles. The zero-order valence-electron chi connectivity index (χ0n) is 96.5. The summed E-state index contributed by atoms with van der Waals surface area (Å²) in [6.07, 6.45) is -3.52. The molecule has 0 radical (unpaired) electrons. The fourth-order valence-corrected chi connectivity index (χ4v) is 0. The third-order valence-electron chi connectivity index (χ3n) is 17.6. The maximum atomic E-state index is 7.58. The molecule has 0 aliphatic heterocycles. The monoisotopic (exact) mass is 1240 g/mol. The van der Waals surface area contributed by atoms with Crippen molar-refractivity contribution in [1.82, 2.24) is 0 Å². The molecular formula is C85H194. The minimum atomic E-state index is -1.87. The predicted molar refractivity (Wildman–Crippen MR) is 416 cm³/mol. The molecule has 0 amide bonds. The minimum absolute atomic E-state index is 0.104. The van der Waals surface area contributed by atoms with E-state index in [4.69, 9.17) is 35.6 Å². The molecule has 0 aromatic rings. The molecule has 0 N–H and O–H groups in total. The van der Waals surface area contributed by atoms with E-state index >= 15 is 0 Å². The zero-order valence-corrected chi connectivity index (χ0v) is 70.5. The average Bonchev–Trinajstić information content (AvgIpc) is 0.805. The smallest absolute Gasteiger partial charge is 0.0302 e. The summed E-state index contributed by atoms with van der Waals surface area (Å²) in [4.78, 5) is 0. The minimum Gasteiger partial charge on any atom is -0.0651 e. The summed E-state index contributed by atoms with van der Waals surface area (Å²) >= 11 is 0. The molecule has 85 heavy (non-hydrogen) atoms. The molecule has 0 spiro atoms. The van der Waals surface area contributed by atoms with E-state index in [0.29, 0.717) is 10.8 Å². The van der Waals surface area contributed by atoms with E-state index < -0.39 is 98.1 Å². The van der Waals surface area contributed by atoms with E-state index in [0.717, 1.165) is 0 Å². The Morgan fingerprint density at radius 2 is 0.318 bits per heavy atom. The van der Waals surface area contributed by atoms with Crippen LogP contribution >= 0.6 is 0 Å². The largest absolute Gasteiger partial charge is 0.0651 e. The Balaban J connectivity index is -0.0000000966. The zero-order chi connectivity index (χ0) is 96.5. The first kappa shape index (κ1) is 61.2. The lowest BCUT2D eigenvalue weighted by molar-refractivity contribution is 0.157. The van der Waals surface area contributed by atoms with Gasteiger partial charge in [0.1, 0.15) is 0 Å². The van der Waals surface area contributed by atoms with Gasteiger partial charge >= 0.3 is 0 Å². The Hall–Kier alpha value is 0. The molecule has 0 heterocycles. The van der Waals surface area contributed by atoms with E-state index in [-0.39, 0.29) is 60.5 Å². The van der Waals surface area contributed by atoms with Crippen LogP contribution in [0.5, 0.6) is 0 Å². The summed E-state index contributed by atoms with van der Waals surface area (Å²) < 4.78 is 190. The van der Waals surface area contributed by atoms with Crippen LogP contribution in [0.4, 0.5) is 0 Å². The molecule has 0 rings (SSSR count). The summed E-state index contributed by atoms with van der Waals surface area (Å²) in [5.74, 6) is -2.90. The molecule has 534 valence electrons. The third-order valence-corrected chi connectivity index (χ3v) is 17.6. The molecule has 0 saturated heterocycles. The van der Waals surface area contributed by atoms with Crippen LogP contribution in [-0.2, 0) is 0 Å². The lowest BCUT2D eigenvalue weighted by Gasteiger charge is -2.34. The number of hydrogen-bond acceptors (Lipinski definition) is 0. The second-order valence-electron chi connectivity index (χ2n) is 38.6. The highest BCUT2D eigenvalue weighted by atomic mass is 14.4. The molecule has 0 heteroatoms. The average molecular weight is 1240 g/mol. The molecular weight excluding hydrogens is 1020 g/mol. The van der Waals surface area contributed by atoms with Crippen molar-refractivity contribution >= 4 is 0 Å². The summed E-state index contributed by atoms with van der Waals surface area (Å²) in [6, 6.07) is 0. The van der Waals surface area contributed by atoms with E-state index in [1.165, 1.54) is 6.92 Å². The van der Waals surface area contributed by atoms with E-state index in [1.807, 2.05) is 173 Å². The maximum absolute atomic E-state index is 7.58. The third kappa shape index (κ3) is 92.8. The topological polar surface area (TPSA) is 0 Å². The number of rotatable bonds is 2. The Labute approximate surface area is 591 Å². The first-order chi connectivity index (χ1) is 45.2. The van der Waals surface area contributed by atoms with Gasteiger partial charge in [0.2, 0.25) is 0 Å². The quantitative estimate of drug-likeness (QED) is 0.259. The highest BCUT2D eigenvalue weighted by molar-refractivity contribution is 4.81. The van der Waals surface area contributed by atoms with Gasteiger partial charge in [-0.2, -0.15) is 0 Å². The van der Waals surface area contributed by atoms with Crippen LogP contribution in [0.15, 0.2) is 0 Å². The van der Waals surface area contributed by atoms with Crippen molar-refractivity contribution < 1.29 is 35.6 Å². The Kier molecular flexibility index (Phi) is 32.1. The molecule has 0 aromatic heterocycles. The van der Waals surface area contributed by atoms with E-state index in [9.17, 15) is 0 Å². The van der Waals surface area contributed by atoms with Crippen molar-refractivity contribution in [1.29, 1.82) is 0 Å². The molecule has 0 fully saturated rings. The van der Waals surface area contributed by atoms with Crippen molar-refractivity contribution in [3.63, 3.8) is 0 Å². The molecule has 0 atom stereocenters. The summed E-state index contributed by atoms with van der Waals surface area (Å²) in [5.41, 5.74) is -3.41. The predicted octanol–water partition coefficient (Wildman–Crippen LogP) is 33.1. The van der Waals surface area contributed by atoms with Crippen LogP contribution in [0.25, 0.3) is 0 Å². The fraction of sp³-hybridized carbons (Fsp3) is 1.00. The maximum Gasteiger partial charge on any atom is 0.0302 e. The molecule has 0 nitrogen and oxygen atoms in total. The van der Waals surface area contributed by atoms with Gasteiger partial charge in [0.15, 0.2) is 0 Å². The van der Waals surface area contributed by atoms with Gasteiger partial charge < -0.3 is 0 Å². The SMILES string of the molecule is CC(C)(C)C(C)(C)C.[2H]C(C)(C)C(C)(C)C.[2H]C(C)(C)C(C)(C)C.[2H]C(C)(C)C([2H])(C)C.[2H]C([2H])(C)C(C)(C)C.[2H]C([2H])(C)C(C)(C)C.[2H]C([2H])(C)C([2H])(C)C.[2H]C([2H])([2H])C(C)(C)C(C)(C)C.[2H]C([2H])([2H])C(C)(C)C(C)(C)C.[2H]C([2H])([2H])C(C)(C)C(C)(C)C.[2H]C([2H])([2H])C(C)(C)C(C)(C)C.[2H]C([2H])([2H])C(C)(C)C(C)(C)C. The normalized spacial score (nSPS) is 19.6.